The predicted octanol–water partition coefficient (Wildman–Crippen LogP) is 3.21. The van der Waals surface area contributed by atoms with Crippen molar-refractivity contribution in [3.63, 3.8) is 0 Å². The molecule has 0 radical (unpaired) electrons. The quantitative estimate of drug-likeness (QED) is 0.725. The minimum atomic E-state index is -1.06. The van der Waals surface area contributed by atoms with Gasteiger partial charge in [-0.05, 0) is 37.8 Å². The Morgan fingerprint density at radius 2 is 2.00 bits per heavy atom. The lowest BCUT2D eigenvalue weighted by Crippen LogP contribution is -2.17. The first-order valence-electron chi connectivity index (χ1n) is 7.30. The summed E-state index contributed by atoms with van der Waals surface area (Å²) in [5.41, 5.74) is 0.550. The number of hydrogen-bond acceptors (Lipinski definition) is 3. The maximum absolute atomic E-state index is 12.3. The molecule has 0 N–H and O–H groups in total. The molecule has 1 aliphatic rings. The first kappa shape index (κ1) is 15.2. The van der Waals surface area contributed by atoms with Crippen LogP contribution in [-0.4, -0.2) is 28.1 Å². The number of benzene rings is 1. The van der Waals surface area contributed by atoms with Crippen LogP contribution in [0.1, 0.15) is 43.0 Å². The second-order valence-electron chi connectivity index (χ2n) is 5.25. The summed E-state index contributed by atoms with van der Waals surface area (Å²) >= 11 is 0. The van der Waals surface area contributed by atoms with Crippen LogP contribution in [0.15, 0.2) is 24.3 Å². The fraction of sp³-hybridized carbons (Fsp3) is 0.562. The molecule has 1 fully saturated rings. The van der Waals surface area contributed by atoms with Crippen molar-refractivity contribution in [2.24, 2.45) is 5.92 Å². The molecule has 0 aromatic heterocycles. The van der Waals surface area contributed by atoms with Gasteiger partial charge < -0.3 is 4.74 Å². The largest absolute Gasteiger partial charge is 0.493 e. The van der Waals surface area contributed by atoms with E-state index in [-0.39, 0.29) is 11.5 Å². The monoisotopic (exact) mass is 294 g/mol. The van der Waals surface area contributed by atoms with E-state index in [1.54, 1.807) is 12.1 Å². The molecule has 1 unspecified atom stereocenters. The molecule has 4 heteroatoms. The summed E-state index contributed by atoms with van der Waals surface area (Å²) in [6.45, 7) is 2.41. The molecule has 1 aromatic carbocycles. The van der Waals surface area contributed by atoms with Crippen LogP contribution >= 0.6 is 0 Å². The Bertz CT molecular complexity index is 478. The normalized spacial score (nSPS) is 17.1. The van der Waals surface area contributed by atoms with E-state index in [1.165, 1.54) is 12.8 Å². The van der Waals surface area contributed by atoms with Crippen molar-refractivity contribution >= 4 is 16.6 Å². The van der Waals surface area contributed by atoms with Crippen LogP contribution in [0.3, 0.4) is 0 Å². The summed E-state index contributed by atoms with van der Waals surface area (Å²) in [5, 5.41) is 0. The average molecular weight is 294 g/mol. The first-order chi connectivity index (χ1) is 9.70. The zero-order valence-corrected chi connectivity index (χ0v) is 12.8. The lowest BCUT2D eigenvalue weighted by Gasteiger charge is -2.10. The zero-order valence-electron chi connectivity index (χ0n) is 12.0. The summed E-state index contributed by atoms with van der Waals surface area (Å²) in [5.74, 6) is 1.84. The maximum Gasteiger partial charge on any atom is 0.179 e. The molecule has 20 heavy (non-hydrogen) atoms. The third-order valence-corrected chi connectivity index (χ3v) is 5.10. The second kappa shape index (κ2) is 7.58. The Morgan fingerprint density at radius 1 is 1.30 bits per heavy atom. The van der Waals surface area contributed by atoms with Crippen molar-refractivity contribution in [3.05, 3.63) is 29.8 Å². The topological polar surface area (TPSA) is 43.4 Å². The molecular formula is C16H22O3S. The van der Waals surface area contributed by atoms with Gasteiger partial charge >= 0.3 is 0 Å². The van der Waals surface area contributed by atoms with Crippen LogP contribution in [0.4, 0.5) is 0 Å². The van der Waals surface area contributed by atoms with Gasteiger partial charge in [0.05, 0.1) is 17.9 Å². The Labute approximate surface area is 123 Å². The summed E-state index contributed by atoms with van der Waals surface area (Å²) < 4.78 is 17.6. The van der Waals surface area contributed by atoms with Gasteiger partial charge in [0.2, 0.25) is 0 Å². The number of rotatable bonds is 7. The number of para-hydroxylation sites is 1. The minimum absolute atomic E-state index is 0.0784. The molecule has 1 aliphatic carbocycles. The molecule has 0 heterocycles. The number of hydrogen-bond donors (Lipinski definition) is 0. The standard InChI is InChI=1S/C16H22O3S/c1-2-19-16-10-6-5-9-14(16)15(17)12-20(18)11-13-7-3-4-8-13/h5-6,9-10,13H,2-4,7-8,11-12H2,1H3. The molecule has 1 aromatic rings. The van der Waals surface area contributed by atoms with Gasteiger partial charge in [-0.3, -0.25) is 9.00 Å². The molecule has 1 saturated carbocycles. The van der Waals surface area contributed by atoms with Crippen LogP contribution in [-0.2, 0) is 10.8 Å². The van der Waals surface area contributed by atoms with Gasteiger partial charge in [0, 0.05) is 16.6 Å². The molecule has 1 atom stereocenters. The number of ether oxygens (including phenoxy) is 1. The number of carbonyl (C=O) groups excluding carboxylic acids is 1. The molecule has 0 saturated heterocycles. The highest BCUT2D eigenvalue weighted by Crippen LogP contribution is 2.26. The van der Waals surface area contributed by atoms with E-state index in [1.807, 2.05) is 19.1 Å². The number of carbonyl (C=O) groups is 1. The van der Waals surface area contributed by atoms with Crippen molar-refractivity contribution in [1.29, 1.82) is 0 Å². The molecule has 110 valence electrons. The second-order valence-corrected chi connectivity index (χ2v) is 6.76. The minimum Gasteiger partial charge on any atom is -0.493 e. The highest BCUT2D eigenvalue weighted by atomic mass is 32.2. The van der Waals surface area contributed by atoms with Crippen molar-refractivity contribution in [3.8, 4) is 5.75 Å². The zero-order chi connectivity index (χ0) is 14.4. The smallest absolute Gasteiger partial charge is 0.179 e. The summed E-state index contributed by atoms with van der Waals surface area (Å²) in [7, 11) is -1.06. The third-order valence-electron chi connectivity index (χ3n) is 3.68. The Kier molecular flexibility index (Phi) is 5.77. The average Bonchev–Trinajstić information content (AvgIpc) is 2.92. The number of Topliss-reactive ketones (excluding diaryl/α,β-unsaturated/α-hetero) is 1. The van der Waals surface area contributed by atoms with E-state index in [0.29, 0.717) is 29.6 Å². The molecule has 0 aliphatic heterocycles. The molecule has 0 bridgehead atoms. The van der Waals surface area contributed by atoms with E-state index in [4.69, 9.17) is 4.74 Å². The molecule has 0 amide bonds. The van der Waals surface area contributed by atoms with Gasteiger partial charge in [-0.2, -0.15) is 0 Å². The van der Waals surface area contributed by atoms with Crippen molar-refractivity contribution in [1.82, 2.24) is 0 Å². The summed E-state index contributed by atoms with van der Waals surface area (Å²) in [4.78, 5) is 12.3. The van der Waals surface area contributed by atoms with Gasteiger partial charge in [0.15, 0.2) is 5.78 Å². The van der Waals surface area contributed by atoms with Gasteiger partial charge in [-0.25, -0.2) is 0 Å². The van der Waals surface area contributed by atoms with E-state index in [0.717, 1.165) is 12.8 Å². The maximum atomic E-state index is 12.3. The first-order valence-corrected chi connectivity index (χ1v) is 8.79. The van der Waals surface area contributed by atoms with Crippen molar-refractivity contribution in [2.45, 2.75) is 32.6 Å². The van der Waals surface area contributed by atoms with Gasteiger partial charge in [-0.15, -0.1) is 0 Å². The van der Waals surface area contributed by atoms with Crippen LogP contribution in [0.2, 0.25) is 0 Å². The van der Waals surface area contributed by atoms with Crippen LogP contribution in [0.25, 0.3) is 0 Å². The Balaban J connectivity index is 1.95. The highest BCUT2D eigenvalue weighted by Gasteiger charge is 2.20. The van der Waals surface area contributed by atoms with Crippen LogP contribution < -0.4 is 4.74 Å². The lowest BCUT2D eigenvalue weighted by molar-refractivity contribution is 0.101. The third kappa shape index (κ3) is 4.17. The molecular weight excluding hydrogens is 272 g/mol. The molecule has 2 rings (SSSR count). The van der Waals surface area contributed by atoms with Crippen molar-refractivity contribution < 1.29 is 13.7 Å². The van der Waals surface area contributed by atoms with Gasteiger partial charge in [0.1, 0.15) is 5.75 Å². The van der Waals surface area contributed by atoms with Crippen LogP contribution in [0.5, 0.6) is 5.75 Å². The van der Waals surface area contributed by atoms with E-state index < -0.39 is 10.8 Å². The Hall–Kier alpha value is -1.16. The SMILES string of the molecule is CCOc1ccccc1C(=O)CS(=O)CC1CCCC1. The molecule has 0 spiro atoms. The van der Waals surface area contributed by atoms with E-state index >= 15 is 0 Å². The summed E-state index contributed by atoms with van der Waals surface area (Å²) in [6.07, 6.45) is 4.80. The van der Waals surface area contributed by atoms with Gasteiger partial charge in [0.25, 0.3) is 0 Å². The fourth-order valence-corrected chi connectivity index (χ4v) is 4.13. The van der Waals surface area contributed by atoms with E-state index in [2.05, 4.69) is 0 Å². The number of ketones is 1. The lowest BCUT2D eigenvalue weighted by atomic mass is 10.1. The van der Waals surface area contributed by atoms with Crippen molar-refractivity contribution in [2.75, 3.05) is 18.1 Å². The van der Waals surface area contributed by atoms with Crippen LogP contribution in [0, 0.1) is 5.92 Å². The Morgan fingerprint density at radius 3 is 2.70 bits per heavy atom. The highest BCUT2D eigenvalue weighted by molar-refractivity contribution is 7.85. The fourth-order valence-electron chi connectivity index (χ4n) is 2.70. The van der Waals surface area contributed by atoms with Gasteiger partial charge in [-0.1, -0.05) is 25.0 Å². The molecule has 3 nitrogen and oxygen atoms in total. The summed E-state index contributed by atoms with van der Waals surface area (Å²) in [6, 6.07) is 7.20. The van der Waals surface area contributed by atoms with E-state index in [9.17, 15) is 9.00 Å². The predicted molar refractivity (Wildman–Crippen MR) is 81.8 cm³/mol.